The minimum Gasteiger partial charge on any atom is -0.292 e. The fourth-order valence-corrected chi connectivity index (χ4v) is 6.26. The topological polar surface area (TPSA) is 51.1 Å². The molecule has 0 spiro atoms. The Morgan fingerprint density at radius 1 is 0.778 bits per heavy atom. The van der Waals surface area contributed by atoms with E-state index in [1.54, 1.807) is 5.12 Å². The van der Waals surface area contributed by atoms with Gasteiger partial charge in [0.05, 0.1) is 16.1 Å². The summed E-state index contributed by atoms with van der Waals surface area (Å²) in [5.41, 5.74) is 4.06. The van der Waals surface area contributed by atoms with Crippen molar-refractivity contribution in [2.75, 3.05) is 11.5 Å². The fraction of sp³-hybridized carbons (Fsp3) is 0.690. The maximum Gasteiger partial charge on any atom is 0.189 e. The number of unbranched alkanes of at least 4 members (excludes halogenated alkanes) is 10. The van der Waals surface area contributed by atoms with Gasteiger partial charge in [0.25, 0.3) is 0 Å². The quantitative estimate of drug-likeness (QED) is 0.194. The average Bonchev–Trinajstić information content (AvgIpc) is 2.85. The van der Waals surface area contributed by atoms with E-state index in [1.807, 2.05) is 53.9 Å². The van der Waals surface area contributed by atoms with Gasteiger partial charge in [0, 0.05) is 0 Å². The lowest BCUT2D eigenvalue weighted by molar-refractivity contribution is -0.242. The molecule has 1 aromatic rings. The Bertz CT molecular complexity index is 792. The van der Waals surface area contributed by atoms with Crippen molar-refractivity contribution < 1.29 is 5.21 Å². The number of hydrazine groups is 2. The van der Waals surface area contributed by atoms with Crippen LogP contribution in [-0.2, 0) is 0 Å². The van der Waals surface area contributed by atoms with E-state index in [0.717, 1.165) is 27.1 Å². The number of nitrogens with one attached hydrogen (secondary N) is 1. The van der Waals surface area contributed by atoms with Gasteiger partial charge in [-0.25, -0.2) is 4.99 Å². The molecule has 2 N–H and O–H groups in total. The molecule has 0 atom stereocenters. The van der Waals surface area contributed by atoms with Gasteiger partial charge >= 0.3 is 0 Å². The first-order valence-corrected chi connectivity index (χ1v) is 16.0. The first kappa shape index (κ1) is 31.1. The SMILES string of the molecule is CCCCCCCCSC1=C(SCCCCCCCC)C(=Nc2ccccc2)N(O)N(C(C)(C)C)N1. The molecule has 7 heteroatoms. The largest absolute Gasteiger partial charge is 0.292 e. The molecule has 0 fully saturated rings. The van der Waals surface area contributed by atoms with Crippen molar-refractivity contribution in [1.82, 2.24) is 15.7 Å². The summed E-state index contributed by atoms with van der Waals surface area (Å²) in [7, 11) is 0. The smallest absolute Gasteiger partial charge is 0.189 e. The Kier molecular flexibility index (Phi) is 15.0. The minimum atomic E-state index is -0.326. The Labute approximate surface area is 229 Å². The van der Waals surface area contributed by atoms with Gasteiger partial charge in [-0.05, 0) is 57.3 Å². The van der Waals surface area contributed by atoms with Crippen LogP contribution >= 0.6 is 23.5 Å². The Morgan fingerprint density at radius 3 is 1.86 bits per heavy atom. The number of rotatable bonds is 17. The van der Waals surface area contributed by atoms with Gasteiger partial charge < -0.3 is 0 Å². The second kappa shape index (κ2) is 17.4. The summed E-state index contributed by atoms with van der Waals surface area (Å²) in [6.45, 7) is 10.8. The predicted molar refractivity (Wildman–Crippen MR) is 161 cm³/mol. The molecular formula is C29H50N4OS2. The molecule has 0 saturated heterocycles. The molecule has 1 aromatic carbocycles. The molecule has 204 valence electrons. The molecular weight excluding hydrogens is 484 g/mol. The highest BCUT2D eigenvalue weighted by molar-refractivity contribution is 8.07. The highest BCUT2D eigenvalue weighted by Gasteiger charge is 2.37. The van der Waals surface area contributed by atoms with Crippen LogP contribution in [0.5, 0.6) is 0 Å². The standard InChI is InChI=1S/C29H50N4OS2/c1-6-8-10-12-14-19-23-35-26-27(30-25-21-17-16-18-22-25)32(34)33(29(3,4)5)31-28(26)36-24-20-15-13-11-9-7-2/h16-18,21-22,31,34H,6-15,19-20,23-24H2,1-5H3. The molecule has 36 heavy (non-hydrogen) atoms. The van der Waals surface area contributed by atoms with Gasteiger partial charge in [-0.1, -0.05) is 96.3 Å². The molecule has 0 radical (unpaired) electrons. The van der Waals surface area contributed by atoms with Crippen molar-refractivity contribution in [3.05, 3.63) is 40.3 Å². The summed E-state index contributed by atoms with van der Waals surface area (Å²) in [5, 5.41) is 15.4. The molecule has 1 aliphatic heterocycles. The first-order valence-electron chi connectivity index (χ1n) is 14.1. The van der Waals surface area contributed by atoms with E-state index in [4.69, 9.17) is 4.99 Å². The van der Waals surface area contributed by atoms with Crippen LogP contribution in [0.1, 0.15) is 112 Å². The molecule has 0 unspecified atom stereocenters. The van der Waals surface area contributed by atoms with E-state index >= 15 is 0 Å². The first-order chi connectivity index (χ1) is 17.4. The number of nitrogens with zero attached hydrogens (tertiary/aromatic N) is 3. The number of hydrogen-bond donors (Lipinski definition) is 2. The number of benzene rings is 1. The zero-order valence-corrected chi connectivity index (χ0v) is 25.0. The molecule has 1 heterocycles. The molecule has 0 aromatic heterocycles. The van der Waals surface area contributed by atoms with Crippen molar-refractivity contribution in [3.63, 3.8) is 0 Å². The zero-order valence-electron chi connectivity index (χ0n) is 23.4. The van der Waals surface area contributed by atoms with E-state index in [0.29, 0.717) is 5.84 Å². The molecule has 0 aliphatic carbocycles. The normalized spacial score (nSPS) is 16.2. The lowest BCUT2D eigenvalue weighted by Crippen LogP contribution is -2.62. The van der Waals surface area contributed by atoms with Gasteiger partial charge in [-0.2, -0.15) is 0 Å². The van der Waals surface area contributed by atoms with E-state index in [1.165, 1.54) is 82.2 Å². The summed E-state index contributed by atoms with van der Waals surface area (Å²) < 4.78 is 0. The molecule has 0 saturated carbocycles. The fourth-order valence-electron chi connectivity index (χ4n) is 3.99. The maximum atomic E-state index is 11.3. The Hall–Kier alpha value is -1.15. The van der Waals surface area contributed by atoms with Gasteiger partial charge in [0.1, 0.15) is 5.03 Å². The number of hydrogen-bond acceptors (Lipinski definition) is 6. The van der Waals surface area contributed by atoms with Gasteiger partial charge in [-0.15, -0.1) is 33.8 Å². The van der Waals surface area contributed by atoms with Crippen LogP contribution in [-0.4, -0.2) is 38.4 Å². The van der Waals surface area contributed by atoms with E-state index in [9.17, 15) is 5.21 Å². The number of amidine groups is 1. The molecule has 1 aliphatic rings. The van der Waals surface area contributed by atoms with Crippen molar-refractivity contribution in [1.29, 1.82) is 0 Å². The number of para-hydroxylation sites is 1. The highest BCUT2D eigenvalue weighted by atomic mass is 32.2. The summed E-state index contributed by atoms with van der Waals surface area (Å²) >= 11 is 3.69. The van der Waals surface area contributed by atoms with Gasteiger partial charge in [-0.3, -0.25) is 10.6 Å². The van der Waals surface area contributed by atoms with E-state index in [-0.39, 0.29) is 5.54 Å². The number of aliphatic imine (C=N–C) groups is 1. The van der Waals surface area contributed by atoms with Crippen molar-refractivity contribution >= 4 is 35.0 Å². The highest BCUT2D eigenvalue weighted by Crippen LogP contribution is 2.36. The second-order valence-electron chi connectivity index (χ2n) is 10.5. The third kappa shape index (κ3) is 11.1. The van der Waals surface area contributed by atoms with Crippen LogP contribution in [0.4, 0.5) is 5.69 Å². The molecule has 5 nitrogen and oxygen atoms in total. The summed E-state index contributed by atoms with van der Waals surface area (Å²) in [6.07, 6.45) is 15.5. The summed E-state index contributed by atoms with van der Waals surface area (Å²) in [6, 6.07) is 9.96. The van der Waals surface area contributed by atoms with Crippen molar-refractivity contribution in [3.8, 4) is 0 Å². The second-order valence-corrected chi connectivity index (χ2v) is 12.8. The average molecular weight is 535 g/mol. The minimum absolute atomic E-state index is 0.326. The summed E-state index contributed by atoms with van der Waals surface area (Å²) in [5.74, 6) is 2.70. The Balaban J connectivity index is 2.21. The third-order valence-corrected chi connectivity index (χ3v) is 8.49. The lowest BCUT2D eigenvalue weighted by Gasteiger charge is -2.45. The molecule has 0 amide bonds. The van der Waals surface area contributed by atoms with Gasteiger partial charge in [0.15, 0.2) is 5.84 Å². The third-order valence-electron chi connectivity index (χ3n) is 6.11. The van der Waals surface area contributed by atoms with Crippen LogP contribution in [0.15, 0.2) is 45.3 Å². The monoisotopic (exact) mass is 534 g/mol. The van der Waals surface area contributed by atoms with Crippen LogP contribution in [0.25, 0.3) is 0 Å². The van der Waals surface area contributed by atoms with E-state index < -0.39 is 0 Å². The Morgan fingerprint density at radius 2 is 1.31 bits per heavy atom. The molecule has 0 bridgehead atoms. The number of hydroxylamine groups is 1. The number of thioether (sulfide) groups is 2. The lowest BCUT2D eigenvalue weighted by atomic mass is 10.1. The predicted octanol–water partition coefficient (Wildman–Crippen LogP) is 9.30. The maximum absolute atomic E-state index is 11.3. The van der Waals surface area contributed by atoms with Crippen LogP contribution in [0, 0.1) is 0 Å². The van der Waals surface area contributed by atoms with Crippen LogP contribution in [0.2, 0.25) is 0 Å². The van der Waals surface area contributed by atoms with Crippen molar-refractivity contribution in [2.45, 2.75) is 117 Å². The van der Waals surface area contributed by atoms with Crippen LogP contribution in [0.3, 0.4) is 0 Å². The van der Waals surface area contributed by atoms with Gasteiger partial charge in [0.2, 0.25) is 0 Å². The van der Waals surface area contributed by atoms with E-state index in [2.05, 4.69) is 40.0 Å². The van der Waals surface area contributed by atoms with Crippen LogP contribution < -0.4 is 5.43 Å². The zero-order chi connectivity index (χ0) is 26.2. The van der Waals surface area contributed by atoms with Crippen molar-refractivity contribution in [2.24, 2.45) is 4.99 Å². The summed E-state index contributed by atoms with van der Waals surface area (Å²) in [4.78, 5) is 5.98. The molecule has 2 rings (SSSR count).